The van der Waals surface area contributed by atoms with Crippen LogP contribution in [0.2, 0.25) is 0 Å². The fraction of sp³-hybridized carbons (Fsp3) is 0.308. The Balaban J connectivity index is 2.30. The molecule has 0 saturated heterocycles. The quantitative estimate of drug-likeness (QED) is 0.879. The van der Waals surface area contributed by atoms with Crippen LogP contribution in [0.25, 0.3) is 11.3 Å². The van der Waals surface area contributed by atoms with Gasteiger partial charge in [0, 0.05) is 5.56 Å². The van der Waals surface area contributed by atoms with Crippen LogP contribution in [0.5, 0.6) is 5.75 Å². The molecular formula is C13H16N2O2. The number of aromatic nitrogens is 1. The summed E-state index contributed by atoms with van der Waals surface area (Å²) < 4.78 is 10.7. The second-order valence-corrected chi connectivity index (χ2v) is 3.74. The Morgan fingerprint density at radius 2 is 2.24 bits per heavy atom. The van der Waals surface area contributed by atoms with Crippen LogP contribution in [0.1, 0.15) is 18.4 Å². The van der Waals surface area contributed by atoms with Crippen molar-refractivity contribution in [3.05, 3.63) is 35.9 Å². The van der Waals surface area contributed by atoms with E-state index in [-0.39, 0.29) is 0 Å². The van der Waals surface area contributed by atoms with E-state index in [9.17, 15) is 0 Å². The molecule has 2 rings (SSSR count). The number of hydrogen-bond donors (Lipinski definition) is 1. The molecule has 90 valence electrons. The molecule has 0 bridgehead atoms. The number of nitrogens with zero attached hydrogens (tertiary/aromatic N) is 1. The minimum Gasteiger partial charge on any atom is -0.494 e. The first-order chi connectivity index (χ1) is 8.24. The smallest absolute Gasteiger partial charge is 0.208 e. The Morgan fingerprint density at radius 3 is 2.82 bits per heavy atom. The fourth-order valence-electron chi connectivity index (χ4n) is 1.66. The van der Waals surface area contributed by atoms with Crippen LogP contribution in [-0.4, -0.2) is 11.6 Å². The van der Waals surface area contributed by atoms with Crippen LogP contribution in [0.4, 0.5) is 0 Å². The van der Waals surface area contributed by atoms with E-state index in [1.165, 1.54) is 0 Å². The minimum absolute atomic E-state index is 0.315. The van der Waals surface area contributed by atoms with Crippen LogP contribution >= 0.6 is 0 Å². The summed E-state index contributed by atoms with van der Waals surface area (Å²) in [6, 6.07) is 5.95. The Hall–Kier alpha value is -1.81. The van der Waals surface area contributed by atoms with Crippen molar-refractivity contribution >= 4 is 0 Å². The summed E-state index contributed by atoms with van der Waals surface area (Å²) in [6.45, 7) is 4.97. The zero-order valence-electron chi connectivity index (χ0n) is 10.1. The van der Waals surface area contributed by atoms with E-state index >= 15 is 0 Å². The molecule has 4 heteroatoms. The highest BCUT2D eigenvalue weighted by molar-refractivity contribution is 5.61. The Morgan fingerprint density at radius 1 is 1.41 bits per heavy atom. The zero-order chi connectivity index (χ0) is 12.3. The molecule has 0 fully saturated rings. The maximum atomic E-state index is 5.49. The van der Waals surface area contributed by atoms with Crippen molar-refractivity contribution in [3.63, 3.8) is 0 Å². The lowest BCUT2D eigenvalue weighted by Crippen LogP contribution is -1.96. The van der Waals surface area contributed by atoms with Gasteiger partial charge in [-0.2, -0.15) is 0 Å². The van der Waals surface area contributed by atoms with Gasteiger partial charge in [-0.3, -0.25) is 0 Å². The highest BCUT2D eigenvalue weighted by atomic mass is 16.5. The fourth-order valence-corrected chi connectivity index (χ4v) is 1.66. The highest BCUT2D eigenvalue weighted by Gasteiger charge is 2.07. The number of rotatable bonds is 4. The summed E-state index contributed by atoms with van der Waals surface area (Å²) in [5.41, 5.74) is 8.35. The molecule has 4 nitrogen and oxygen atoms in total. The third-order valence-corrected chi connectivity index (χ3v) is 2.50. The van der Waals surface area contributed by atoms with Crippen molar-refractivity contribution in [1.82, 2.24) is 4.98 Å². The summed E-state index contributed by atoms with van der Waals surface area (Å²) in [6.07, 6.45) is 1.62. The van der Waals surface area contributed by atoms with E-state index < -0.39 is 0 Å². The van der Waals surface area contributed by atoms with Gasteiger partial charge in [-0.25, -0.2) is 4.98 Å². The van der Waals surface area contributed by atoms with E-state index in [4.69, 9.17) is 14.9 Å². The molecular weight excluding hydrogens is 216 g/mol. The predicted molar refractivity (Wildman–Crippen MR) is 65.7 cm³/mol. The van der Waals surface area contributed by atoms with Gasteiger partial charge in [0.2, 0.25) is 5.89 Å². The molecule has 0 amide bonds. The number of ether oxygens (including phenoxy) is 1. The number of oxazole rings is 1. The third-order valence-electron chi connectivity index (χ3n) is 2.50. The largest absolute Gasteiger partial charge is 0.494 e. The standard InChI is InChI=1S/C13H16N2O2/c1-3-16-12-5-4-10(6-9(12)2)11-8-17-13(7-14)15-11/h4-6,8H,3,7,14H2,1-2H3. The van der Waals surface area contributed by atoms with Gasteiger partial charge in [-0.1, -0.05) is 0 Å². The summed E-state index contributed by atoms with van der Waals surface area (Å²) in [7, 11) is 0. The molecule has 0 unspecified atom stereocenters. The van der Waals surface area contributed by atoms with Gasteiger partial charge < -0.3 is 14.9 Å². The average molecular weight is 232 g/mol. The lowest BCUT2D eigenvalue weighted by molar-refractivity contribution is 0.338. The van der Waals surface area contributed by atoms with Crippen LogP contribution in [-0.2, 0) is 6.54 Å². The van der Waals surface area contributed by atoms with Crippen LogP contribution < -0.4 is 10.5 Å². The van der Waals surface area contributed by atoms with Gasteiger partial charge in [-0.15, -0.1) is 0 Å². The van der Waals surface area contributed by atoms with Crippen molar-refractivity contribution in [2.75, 3.05) is 6.61 Å². The van der Waals surface area contributed by atoms with Crippen molar-refractivity contribution in [3.8, 4) is 17.0 Å². The zero-order valence-corrected chi connectivity index (χ0v) is 10.1. The highest BCUT2D eigenvalue weighted by Crippen LogP contribution is 2.25. The number of nitrogens with two attached hydrogens (primary N) is 1. The predicted octanol–water partition coefficient (Wildman–Crippen LogP) is 2.51. The lowest BCUT2D eigenvalue weighted by atomic mass is 10.1. The number of aryl methyl sites for hydroxylation is 1. The maximum absolute atomic E-state index is 5.49. The first-order valence-electron chi connectivity index (χ1n) is 5.63. The molecule has 0 saturated carbocycles. The van der Waals surface area contributed by atoms with Gasteiger partial charge in [0.05, 0.1) is 13.2 Å². The molecule has 2 aromatic rings. The molecule has 0 aliphatic carbocycles. The summed E-state index contributed by atoms with van der Waals surface area (Å²) in [4.78, 5) is 4.28. The topological polar surface area (TPSA) is 61.3 Å². The molecule has 0 atom stereocenters. The van der Waals surface area contributed by atoms with Crippen LogP contribution in [0, 0.1) is 6.92 Å². The maximum Gasteiger partial charge on any atom is 0.208 e. The van der Waals surface area contributed by atoms with Crippen molar-refractivity contribution in [1.29, 1.82) is 0 Å². The van der Waals surface area contributed by atoms with Gasteiger partial charge in [0.15, 0.2) is 0 Å². The van der Waals surface area contributed by atoms with E-state index in [1.807, 2.05) is 32.0 Å². The monoisotopic (exact) mass is 232 g/mol. The molecule has 0 aliphatic rings. The van der Waals surface area contributed by atoms with Gasteiger partial charge >= 0.3 is 0 Å². The van der Waals surface area contributed by atoms with E-state index in [1.54, 1.807) is 6.26 Å². The van der Waals surface area contributed by atoms with Gasteiger partial charge in [0.1, 0.15) is 17.7 Å². The normalized spacial score (nSPS) is 10.5. The SMILES string of the molecule is CCOc1ccc(-c2coc(CN)n2)cc1C. The molecule has 1 aromatic carbocycles. The van der Waals surface area contributed by atoms with Gasteiger partial charge in [-0.05, 0) is 37.6 Å². The molecule has 2 N–H and O–H groups in total. The minimum atomic E-state index is 0.315. The third kappa shape index (κ3) is 2.47. The summed E-state index contributed by atoms with van der Waals surface area (Å²) in [5, 5.41) is 0. The Bertz CT molecular complexity index is 506. The molecule has 17 heavy (non-hydrogen) atoms. The van der Waals surface area contributed by atoms with E-state index in [0.717, 1.165) is 22.6 Å². The molecule has 0 spiro atoms. The van der Waals surface area contributed by atoms with Crippen molar-refractivity contribution in [2.45, 2.75) is 20.4 Å². The Labute approximate surface area is 100 Å². The molecule has 1 aromatic heterocycles. The molecule has 0 radical (unpaired) electrons. The summed E-state index contributed by atoms with van der Waals surface area (Å²) >= 11 is 0. The van der Waals surface area contributed by atoms with E-state index in [0.29, 0.717) is 19.0 Å². The summed E-state index contributed by atoms with van der Waals surface area (Å²) in [5.74, 6) is 1.45. The first-order valence-corrected chi connectivity index (χ1v) is 5.63. The number of hydrogen-bond acceptors (Lipinski definition) is 4. The number of benzene rings is 1. The lowest BCUT2D eigenvalue weighted by Gasteiger charge is -2.07. The van der Waals surface area contributed by atoms with Gasteiger partial charge in [0.25, 0.3) is 0 Å². The molecule has 1 heterocycles. The second kappa shape index (κ2) is 5.01. The van der Waals surface area contributed by atoms with Crippen molar-refractivity contribution in [2.24, 2.45) is 5.73 Å². The second-order valence-electron chi connectivity index (χ2n) is 3.74. The Kier molecular flexibility index (Phi) is 3.44. The molecule has 0 aliphatic heterocycles. The van der Waals surface area contributed by atoms with Crippen LogP contribution in [0.15, 0.2) is 28.9 Å². The first kappa shape index (κ1) is 11.7. The van der Waals surface area contributed by atoms with Crippen LogP contribution in [0.3, 0.4) is 0 Å². The van der Waals surface area contributed by atoms with Crippen molar-refractivity contribution < 1.29 is 9.15 Å². The average Bonchev–Trinajstić information content (AvgIpc) is 2.80. The van der Waals surface area contributed by atoms with E-state index in [2.05, 4.69) is 4.98 Å².